The molecule has 47 heavy (non-hydrogen) atoms. The molecule has 5 aliphatic rings. The van der Waals surface area contributed by atoms with E-state index in [1.165, 1.54) is 17.0 Å². The van der Waals surface area contributed by atoms with Crippen LogP contribution < -0.4 is 9.64 Å². The lowest BCUT2D eigenvalue weighted by Gasteiger charge is -2.43. The Morgan fingerprint density at radius 2 is 1.64 bits per heavy atom. The average Bonchev–Trinajstić information content (AvgIpc) is 3.35. The highest BCUT2D eigenvalue weighted by molar-refractivity contribution is 9.12. The molecule has 4 unspecified atom stereocenters. The van der Waals surface area contributed by atoms with Crippen LogP contribution in [0.3, 0.4) is 0 Å². The summed E-state index contributed by atoms with van der Waals surface area (Å²) in [7, 11) is 0. The molecule has 1 saturated heterocycles. The van der Waals surface area contributed by atoms with Gasteiger partial charge in [-0.15, -0.1) is 0 Å². The monoisotopic (exact) mass is 687 g/mol. The second kappa shape index (κ2) is 11.0. The number of nitrogens with zero attached hydrogens (tertiary/aromatic N) is 1. The third-order valence-corrected chi connectivity index (χ3v) is 10.5. The van der Waals surface area contributed by atoms with E-state index in [1.807, 2.05) is 12.1 Å². The highest BCUT2D eigenvalue weighted by atomic mass is 79.9. The van der Waals surface area contributed by atoms with Crippen LogP contribution in [0.2, 0.25) is 0 Å². The van der Waals surface area contributed by atoms with Crippen LogP contribution >= 0.6 is 15.9 Å². The number of ether oxygens (including phenoxy) is 1. The molecular formula is C38H26BrNO7. The maximum atomic E-state index is 14.3. The summed E-state index contributed by atoms with van der Waals surface area (Å²) < 4.78 is 6.10. The number of allylic oxidation sites excluding steroid dienone is 7. The molecule has 1 fully saturated rings. The van der Waals surface area contributed by atoms with Gasteiger partial charge in [0.2, 0.25) is 11.8 Å². The fraction of sp³-hybridized carbons (Fsp3) is 0.184. The zero-order chi connectivity index (χ0) is 32.6. The Labute approximate surface area is 277 Å². The minimum Gasteiger partial charge on any atom is -0.508 e. The Hall–Kier alpha value is -5.15. The van der Waals surface area contributed by atoms with E-state index in [2.05, 4.69) is 15.9 Å². The fourth-order valence-corrected chi connectivity index (χ4v) is 8.24. The van der Waals surface area contributed by atoms with E-state index in [0.717, 1.165) is 16.7 Å². The van der Waals surface area contributed by atoms with Gasteiger partial charge in [0, 0.05) is 46.3 Å². The Morgan fingerprint density at radius 1 is 0.894 bits per heavy atom. The van der Waals surface area contributed by atoms with E-state index in [4.69, 9.17) is 4.74 Å². The number of Topliss-reactive ketones (excluding diaryl/α,β-unsaturated/α-hetero) is 1. The first-order valence-electron chi connectivity index (χ1n) is 15.4. The van der Waals surface area contributed by atoms with Crippen molar-refractivity contribution in [3.05, 3.63) is 135 Å². The molecule has 9 heteroatoms. The molecule has 8 rings (SSSR count). The third kappa shape index (κ3) is 4.59. The highest BCUT2D eigenvalue weighted by Crippen LogP contribution is 2.55. The van der Waals surface area contributed by atoms with Gasteiger partial charge >= 0.3 is 0 Å². The van der Waals surface area contributed by atoms with E-state index >= 15 is 0 Å². The number of anilines is 1. The molecule has 1 N–H and O–H groups in total. The first-order valence-corrected chi connectivity index (χ1v) is 16.1. The number of imide groups is 1. The summed E-state index contributed by atoms with van der Waals surface area (Å²) in [4.78, 5) is 69.4. The van der Waals surface area contributed by atoms with Gasteiger partial charge in [0.1, 0.15) is 11.5 Å². The first-order chi connectivity index (χ1) is 22.7. The highest BCUT2D eigenvalue weighted by Gasteiger charge is 2.57. The van der Waals surface area contributed by atoms with Gasteiger partial charge in [0.25, 0.3) is 0 Å². The predicted molar refractivity (Wildman–Crippen MR) is 175 cm³/mol. The van der Waals surface area contributed by atoms with Crippen LogP contribution in [0.4, 0.5) is 5.69 Å². The Kier molecular flexibility index (Phi) is 6.84. The molecular weight excluding hydrogens is 662 g/mol. The summed E-state index contributed by atoms with van der Waals surface area (Å²) >= 11 is 3.26. The van der Waals surface area contributed by atoms with Crippen molar-refractivity contribution in [2.75, 3.05) is 4.90 Å². The quantitative estimate of drug-likeness (QED) is 0.156. The van der Waals surface area contributed by atoms with Crippen LogP contribution in [0.15, 0.2) is 118 Å². The minimum absolute atomic E-state index is 0.0816. The summed E-state index contributed by atoms with van der Waals surface area (Å²) in [5, 5.41) is 10.1. The number of halogens is 1. The van der Waals surface area contributed by atoms with Gasteiger partial charge in [-0.1, -0.05) is 42.0 Å². The van der Waals surface area contributed by atoms with E-state index in [1.54, 1.807) is 66.9 Å². The largest absolute Gasteiger partial charge is 0.508 e. The molecule has 0 radical (unpaired) electrons. The molecule has 2 aliphatic heterocycles. The Bertz CT molecular complexity index is 2070. The van der Waals surface area contributed by atoms with Gasteiger partial charge in [0.05, 0.1) is 28.3 Å². The van der Waals surface area contributed by atoms with Gasteiger partial charge in [-0.05, 0) is 82.7 Å². The first kappa shape index (κ1) is 29.3. The Morgan fingerprint density at radius 3 is 2.40 bits per heavy atom. The van der Waals surface area contributed by atoms with Crippen molar-refractivity contribution in [1.82, 2.24) is 0 Å². The number of hydrogen-bond acceptors (Lipinski definition) is 7. The number of hydrogen-bond donors (Lipinski definition) is 1. The molecule has 3 aliphatic carbocycles. The number of rotatable bonds is 4. The number of carbonyl (C=O) groups is 5. The number of fused-ring (bicyclic) bond motifs is 4. The number of aromatic hydroxyl groups is 1. The minimum atomic E-state index is -0.737. The topological polar surface area (TPSA) is 118 Å². The van der Waals surface area contributed by atoms with Gasteiger partial charge < -0.3 is 9.84 Å². The van der Waals surface area contributed by atoms with Crippen molar-refractivity contribution in [3.63, 3.8) is 0 Å². The number of carbonyl (C=O) groups excluding carboxylic acids is 5. The lowest BCUT2D eigenvalue weighted by molar-refractivity contribution is -0.123. The number of phenolic OH excluding ortho intramolecular Hbond substituents is 1. The number of amides is 2. The molecule has 0 bridgehead atoms. The summed E-state index contributed by atoms with van der Waals surface area (Å²) in [5.74, 6) is -3.30. The van der Waals surface area contributed by atoms with Crippen LogP contribution in [-0.2, 0) is 25.6 Å². The van der Waals surface area contributed by atoms with E-state index in [9.17, 15) is 29.1 Å². The number of phenols is 1. The van der Waals surface area contributed by atoms with Crippen LogP contribution in [0.1, 0.15) is 34.3 Å². The van der Waals surface area contributed by atoms with Crippen molar-refractivity contribution in [2.45, 2.75) is 19.3 Å². The van der Waals surface area contributed by atoms with Gasteiger partial charge in [0.15, 0.2) is 17.3 Å². The zero-order valence-electron chi connectivity index (χ0n) is 24.8. The van der Waals surface area contributed by atoms with Gasteiger partial charge in [-0.3, -0.25) is 28.9 Å². The van der Waals surface area contributed by atoms with Crippen molar-refractivity contribution in [3.8, 4) is 11.5 Å². The molecule has 3 aromatic rings. The number of ketones is 3. The third-order valence-electron chi connectivity index (χ3n) is 9.90. The molecule has 3 aromatic carbocycles. The van der Waals surface area contributed by atoms with Crippen molar-refractivity contribution in [2.24, 2.45) is 23.7 Å². The normalized spacial score (nSPS) is 24.8. The van der Waals surface area contributed by atoms with Crippen LogP contribution in [-0.4, -0.2) is 34.3 Å². The second-order valence-electron chi connectivity index (χ2n) is 12.4. The van der Waals surface area contributed by atoms with Crippen LogP contribution in [0, 0.1) is 23.7 Å². The lowest BCUT2D eigenvalue weighted by atomic mass is 9.59. The molecule has 232 valence electrons. The van der Waals surface area contributed by atoms with E-state index < -0.39 is 23.7 Å². The smallest absolute Gasteiger partial charge is 0.238 e. The summed E-state index contributed by atoms with van der Waals surface area (Å²) in [6.07, 6.45) is 5.66. The second-order valence-corrected chi connectivity index (χ2v) is 13.3. The SMILES string of the molecule is O=C1C=C(Br)C(=O)C2=C1C(C1=COc3ccc(O)cc3C1)C1=CCC3C(=O)N(c4ccc(C(=O)c5ccccc5)cc4)C(=O)C3C1C2. The molecule has 0 spiro atoms. The molecule has 2 heterocycles. The molecule has 0 aromatic heterocycles. The summed E-state index contributed by atoms with van der Waals surface area (Å²) in [5.41, 5.74) is 4.34. The summed E-state index contributed by atoms with van der Waals surface area (Å²) in [6, 6.07) is 20.2. The summed E-state index contributed by atoms with van der Waals surface area (Å²) in [6.45, 7) is 0. The molecule has 4 atom stereocenters. The van der Waals surface area contributed by atoms with Crippen molar-refractivity contribution in [1.29, 1.82) is 0 Å². The maximum Gasteiger partial charge on any atom is 0.238 e. The Balaban J connectivity index is 1.15. The fourth-order valence-electron chi connectivity index (χ4n) is 7.79. The van der Waals surface area contributed by atoms with Crippen molar-refractivity contribution >= 4 is 50.8 Å². The standard InChI is InChI=1S/C38H26BrNO7/c39-29-17-30(42)34-28(36(29)44)16-27-25(32(34)22-14-21-15-24(41)10-13-31(21)47-18-22)11-12-26-33(27)38(46)40(37(26)45)23-8-6-20(7-9-23)35(43)19-4-2-1-3-5-19/h1-11,13,15,17-18,26-27,32-33,41H,12,14,16H2. The molecule has 2 amide bonds. The van der Waals surface area contributed by atoms with Gasteiger partial charge in [-0.25, -0.2) is 0 Å². The average molecular weight is 689 g/mol. The van der Waals surface area contributed by atoms with E-state index in [-0.39, 0.29) is 45.8 Å². The zero-order valence-corrected chi connectivity index (χ0v) is 26.4. The predicted octanol–water partition coefficient (Wildman–Crippen LogP) is 5.94. The number of benzene rings is 3. The molecule has 8 nitrogen and oxygen atoms in total. The van der Waals surface area contributed by atoms with Gasteiger partial charge in [-0.2, -0.15) is 0 Å². The maximum absolute atomic E-state index is 14.3. The van der Waals surface area contributed by atoms with Crippen molar-refractivity contribution < 1.29 is 33.8 Å². The van der Waals surface area contributed by atoms with Crippen LogP contribution in [0.25, 0.3) is 0 Å². The van der Waals surface area contributed by atoms with Crippen LogP contribution in [0.5, 0.6) is 11.5 Å². The lowest BCUT2D eigenvalue weighted by Crippen LogP contribution is -2.41. The molecule has 0 saturated carbocycles. The van der Waals surface area contributed by atoms with E-state index in [0.29, 0.717) is 46.6 Å².